The maximum Gasteiger partial charge on any atom is 0.262 e. The van der Waals surface area contributed by atoms with Crippen molar-refractivity contribution in [3.63, 3.8) is 0 Å². The molecule has 1 aliphatic rings. The van der Waals surface area contributed by atoms with E-state index in [2.05, 4.69) is 10.6 Å². The number of rotatable bonds is 9. The fourth-order valence-corrected chi connectivity index (χ4v) is 3.61. The SMILES string of the molecule is COc1ccc(NC(=O)COc2ccc(N3C[C@H](C(=O)NCc4ccco4)CC3=O)cc2)cc1. The first-order chi connectivity index (χ1) is 16.5. The van der Waals surface area contributed by atoms with Crippen LogP contribution in [-0.2, 0) is 20.9 Å². The predicted molar refractivity (Wildman–Crippen MR) is 125 cm³/mol. The van der Waals surface area contributed by atoms with Gasteiger partial charge in [0.05, 0.1) is 25.8 Å². The van der Waals surface area contributed by atoms with Gasteiger partial charge in [-0.05, 0) is 60.7 Å². The third kappa shape index (κ3) is 5.74. The zero-order valence-corrected chi connectivity index (χ0v) is 18.7. The lowest BCUT2D eigenvalue weighted by atomic mass is 10.1. The molecule has 0 unspecified atom stereocenters. The van der Waals surface area contributed by atoms with E-state index in [-0.39, 0.29) is 37.3 Å². The van der Waals surface area contributed by atoms with Gasteiger partial charge in [0.1, 0.15) is 17.3 Å². The van der Waals surface area contributed by atoms with Crippen molar-refractivity contribution >= 4 is 29.1 Å². The van der Waals surface area contributed by atoms with Gasteiger partial charge in [-0.3, -0.25) is 14.4 Å². The summed E-state index contributed by atoms with van der Waals surface area (Å²) >= 11 is 0. The van der Waals surface area contributed by atoms with Gasteiger partial charge < -0.3 is 29.4 Å². The fourth-order valence-electron chi connectivity index (χ4n) is 3.61. The molecule has 3 amide bonds. The van der Waals surface area contributed by atoms with Crippen molar-refractivity contribution < 1.29 is 28.3 Å². The Balaban J connectivity index is 1.25. The maximum atomic E-state index is 12.5. The van der Waals surface area contributed by atoms with Gasteiger partial charge in [0.15, 0.2) is 6.61 Å². The second-order valence-corrected chi connectivity index (χ2v) is 7.76. The molecular formula is C25H25N3O6. The number of amides is 3. The Morgan fingerprint density at radius 2 is 1.79 bits per heavy atom. The molecule has 0 aliphatic carbocycles. The Morgan fingerprint density at radius 1 is 1.06 bits per heavy atom. The number of furan rings is 1. The van der Waals surface area contributed by atoms with Crippen molar-refractivity contribution in [1.82, 2.24) is 5.32 Å². The third-order valence-electron chi connectivity index (χ3n) is 5.40. The van der Waals surface area contributed by atoms with Crippen molar-refractivity contribution in [2.24, 2.45) is 5.92 Å². The summed E-state index contributed by atoms with van der Waals surface area (Å²) in [5, 5.41) is 5.55. The van der Waals surface area contributed by atoms with Gasteiger partial charge in [0.2, 0.25) is 11.8 Å². The average molecular weight is 463 g/mol. The summed E-state index contributed by atoms with van der Waals surface area (Å²) < 4.78 is 15.8. The number of carbonyl (C=O) groups excluding carboxylic acids is 3. The van der Waals surface area contributed by atoms with Crippen LogP contribution < -0.4 is 25.0 Å². The summed E-state index contributed by atoms with van der Waals surface area (Å²) in [7, 11) is 1.57. The van der Waals surface area contributed by atoms with E-state index in [1.54, 1.807) is 78.9 Å². The molecule has 0 bridgehead atoms. The van der Waals surface area contributed by atoms with Crippen molar-refractivity contribution in [1.29, 1.82) is 0 Å². The number of hydrogen-bond acceptors (Lipinski definition) is 6. The Bertz CT molecular complexity index is 1130. The second kappa shape index (κ2) is 10.6. The molecule has 1 fully saturated rings. The largest absolute Gasteiger partial charge is 0.497 e. The lowest BCUT2D eigenvalue weighted by Gasteiger charge is -2.17. The standard InChI is InChI=1S/C25H25N3O6/c1-32-20-8-4-18(5-9-20)27-23(29)16-34-21-10-6-19(7-11-21)28-15-17(13-24(28)30)25(31)26-14-22-3-2-12-33-22/h2-12,17H,13-16H2,1H3,(H,26,31)(H,27,29)/t17-/m1/s1. The molecule has 176 valence electrons. The molecular weight excluding hydrogens is 438 g/mol. The van der Waals surface area contributed by atoms with Gasteiger partial charge in [0, 0.05) is 24.3 Å². The number of ether oxygens (including phenoxy) is 2. The number of nitrogens with one attached hydrogen (secondary N) is 2. The molecule has 9 heteroatoms. The highest BCUT2D eigenvalue weighted by Crippen LogP contribution is 2.27. The number of anilines is 2. The lowest BCUT2D eigenvalue weighted by molar-refractivity contribution is -0.126. The molecule has 4 rings (SSSR count). The summed E-state index contributed by atoms with van der Waals surface area (Å²) in [5.74, 6) is 0.815. The number of benzene rings is 2. The highest BCUT2D eigenvalue weighted by Gasteiger charge is 2.35. The van der Waals surface area contributed by atoms with Crippen molar-refractivity contribution in [3.05, 3.63) is 72.7 Å². The van der Waals surface area contributed by atoms with Crippen LogP contribution >= 0.6 is 0 Å². The second-order valence-electron chi connectivity index (χ2n) is 7.76. The van der Waals surface area contributed by atoms with Crippen molar-refractivity contribution in [2.45, 2.75) is 13.0 Å². The highest BCUT2D eigenvalue weighted by atomic mass is 16.5. The Labute approximate surface area is 196 Å². The average Bonchev–Trinajstić information content (AvgIpc) is 3.52. The van der Waals surface area contributed by atoms with Gasteiger partial charge in [-0.15, -0.1) is 0 Å². The zero-order chi connectivity index (χ0) is 23.9. The van der Waals surface area contributed by atoms with E-state index in [0.717, 1.165) is 0 Å². The molecule has 2 N–H and O–H groups in total. The molecule has 1 saturated heterocycles. The normalized spacial score (nSPS) is 15.1. The first-order valence-electron chi connectivity index (χ1n) is 10.8. The summed E-state index contributed by atoms with van der Waals surface area (Å²) in [6.45, 7) is 0.424. The fraction of sp³-hybridized carbons (Fsp3) is 0.240. The Morgan fingerprint density at radius 3 is 2.47 bits per heavy atom. The maximum absolute atomic E-state index is 12.5. The van der Waals surface area contributed by atoms with Gasteiger partial charge in [-0.25, -0.2) is 0 Å². The number of nitrogens with zero attached hydrogens (tertiary/aromatic N) is 1. The molecule has 0 radical (unpaired) electrons. The third-order valence-corrected chi connectivity index (χ3v) is 5.40. The van der Waals surface area contributed by atoms with Crippen molar-refractivity contribution in [3.8, 4) is 11.5 Å². The molecule has 1 aromatic heterocycles. The minimum atomic E-state index is -0.431. The molecule has 2 heterocycles. The first-order valence-corrected chi connectivity index (χ1v) is 10.8. The summed E-state index contributed by atoms with van der Waals surface area (Å²) in [6.07, 6.45) is 1.69. The highest BCUT2D eigenvalue weighted by molar-refractivity contribution is 6.00. The molecule has 0 spiro atoms. The van der Waals surface area contributed by atoms with E-state index in [4.69, 9.17) is 13.9 Å². The van der Waals surface area contributed by atoms with Crippen LogP contribution in [0.15, 0.2) is 71.3 Å². The van der Waals surface area contributed by atoms with Crippen LogP contribution in [0.1, 0.15) is 12.2 Å². The minimum absolute atomic E-state index is 0.120. The van der Waals surface area contributed by atoms with Crippen LogP contribution in [-0.4, -0.2) is 38.0 Å². The van der Waals surface area contributed by atoms with E-state index in [1.165, 1.54) is 0 Å². The predicted octanol–water partition coefficient (Wildman–Crippen LogP) is 2.98. The van der Waals surface area contributed by atoms with Crippen LogP contribution in [0.5, 0.6) is 11.5 Å². The van der Waals surface area contributed by atoms with Crippen LogP contribution in [0, 0.1) is 5.92 Å². The number of carbonyl (C=O) groups is 3. The smallest absolute Gasteiger partial charge is 0.262 e. The molecule has 2 aromatic carbocycles. The quantitative estimate of drug-likeness (QED) is 0.505. The summed E-state index contributed by atoms with van der Waals surface area (Å²) in [4.78, 5) is 38.6. The molecule has 0 saturated carbocycles. The minimum Gasteiger partial charge on any atom is -0.497 e. The van der Waals surface area contributed by atoms with Crippen LogP contribution in [0.25, 0.3) is 0 Å². The van der Waals surface area contributed by atoms with E-state index in [1.807, 2.05) is 0 Å². The first kappa shape index (κ1) is 22.9. The Hall–Kier alpha value is -4.27. The Kier molecular flexibility index (Phi) is 7.12. The summed E-state index contributed by atoms with van der Waals surface area (Å²) in [6, 6.07) is 17.4. The van der Waals surface area contributed by atoms with E-state index in [0.29, 0.717) is 35.2 Å². The molecule has 3 aromatic rings. The number of methoxy groups -OCH3 is 1. The monoisotopic (exact) mass is 463 g/mol. The number of hydrogen-bond donors (Lipinski definition) is 2. The van der Waals surface area contributed by atoms with E-state index < -0.39 is 5.92 Å². The van der Waals surface area contributed by atoms with E-state index >= 15 is 0 Å². The van der Waals surface area contributed by atoms with Crippen LogP contribution in [0.3, 0.4) is 0 Å². The van der Waals surface area contributed by atoms with Crippen LogP contribution in [0.4, 0.5) is 11.4 Å². The van der Waals surface area contributed by atoms with Gasteiger partial charge in [-0.2, -0.15) is 0 Å². The van der Waals surface area contributed by atoms with Crippen LogP contribution in [0.2, 0.25) is 0 Å². The topological polar surface area (TPSA) is 110 Å². The van der Waals surface area contributed by atoms with Crippen molar-refractivity contribution in [2.75, 3.05) is 30.5 Å². The van der Waals surface area contributed by atoms with Gasteiger partial charge >= 0.3 is 0 Å². The van der Waals surface area contributed by atoms with Gasteiger partial charge in [-0.1, -0.05) is 0 Å². The van der Waals surface area contributed by atoms with Gasteiger partial charge in [0.25, 0.3) is 5.91 Å². The lowest BCUT2D eigenvalue weighted by Crippen LogP contribution is -2.32. The molecule has 9 nitrogen and oxygen atoms in total. The molecule has 34 heavy (non-hydrogen) atoms. The van der Waals surface area contributed by atoms with E-state index in [9.17, 15) is 14.4 Å². The summed E-state index contributed by atoms with van der Waals surface area (Å²) in [5.41, 5.74) is 1.31. The zero-order valence-electron chi connectivity index (χ0n) is 18.7. The molecule has 1 atom stereocenters. The molecule has 1 aliphatic heterocycles.